The van der Waals surface area contributed by atoms with Crippen molar-refractivity contribution in [3.8, 4) is 0 Å². The van der Waals surface area contributed by atoms with Crippen LogP contribution in [0, 0.1) is 13.8 Å². The van der Waals surface area contributed by atoms with Gasteiger partial charge in [0.1, 0.15) is 0 Å². The molecule has 0 fully saturated rings. The van der Waals surface area contributed by atoms with E-state index in [9.17, 15) is 19.2 Å². The number of aromatic nitrogens is 1. The first-order chi connectivity index (χ1) is 13.2. The molecule has 1 heterocycles. The fourth-order valence-electron chi connectivity index (χ4n) is 3.03. The first-order valence-corrected chi connectivity index (χ1v) is 8.95. The highest BCUT2D eigenvalue weighted by Crippen LogP contribution is 2.19. The third kappa shape index (κ3) is 5.16. The van der Waals surface area contributed by atoms with Crippen LogP contribution in [0.25, 0.3) is 0 Å². The summed E-state index contributed by atoms with van der Waals surface area (Å²) in [6.07, 6.45) is -0.0622. The van der Waals surface area contributed by atoms with Crippen LogP contribution < -0.4 is 5.32 Å². The molecule has 148 valence electrons. The zero-order valence-electron chi connectivity index (χ0n) is 16.4. The van der Waals surface area contributed by atoms with Crippen LogP contribution in [-0.2, 0) is 9.53 Å². The molecular formula is C21H24N2O5. The number of aryl methyl sites for hydroxylation is 1. The second-order valence-corrected chi connectivity index (χ2v) is 6.71. The predicted molar refractivity (Wildman–Crippen MR) is 104 cm³/mol. The Morgan fingerprint density at radius 3 is 2.32 bits per heavy atom. The van der Waals surface area contributed by atoms with Gasteiger partial charge < -0.3 is 15.0 Å². The van der Waals surface area contributed by atoms with Crippen molar-refractivity contribution < 1.29 is 23.9 Å². The predicted octanol–water partition coefficient (Wildman–Crippen LogP) is 2.77. The Hall–Kier alpha value is -3.22. The molecule has 0 saturated heterocycles. The highest BCUT2D eigenvalue weighted by Gasteiger charge is 2.21. The van der Waals surface area contributed by atoms with Crippen molar-refractivity contribution in [1.82, 2.24) is 10.3 Å². The molecule has 0 aliphatic carbocycles. The van der Waals surface area contributed by atoms with Gasteiger partial charge in [-0.2, -0.15) is 0 Å². The van der Waals surface area contributed by atoms with Crippen molar-refractivity contribution in [3.05, 3.63) is 58.4 Å². The van der Waals surface area contributed by atoms with Gasteiger partial charge in [-0.1, -0.05) is 18.2 Å². The zero-order chi connectivity index (χ0) is 20.8. The number of nitrogens with one attached hydrogen (secondary N) is 2. The lowest BCUT2D eigenvalue weighted by Gasteiger charge is -2.13. The van der Waals surface area contributed by atoms with Crippen LogP contribution in [0.5, 0.6) is 0 Å². The Morgan fingerprint density at radius 1 is 1.11 bits per heavy atom. The molecule has 0 saturated carbocycles. The minimum atomic E-state index is -0.595. The smallest absolute Gasteiger partial charge is 0.308 e. The number of carbonyl (C=O) groups is 4. The fraction of sp³-hybridized carbons (Fsp3) is 0.333. The SMILES string of the molecule is CC(=O)c1c(C)[nH]c(C(=O)COC(=O)CC(C)NC(=O)c2ccccc2)c1C. The number of aromatic amines is 1. The molecule has 1 aromatic carbocycles. The van der Waals surface area contributed by atoms with Crippen molar-refractivity contribution in [3.63, 3.8) is 0 Å². The largest absolute Gasteiger partial charge is 0.457 e. The van der Waals surface area contributed by atoms with Gasteiger partial charge in [0, 0.05) is 22.9 Å². The average Bonchev–Trinajstić information content (AvgIpc) is 2.94. The minimum absolute atomic E-state index is 0.0622. The maximum Gasteiger partial charge on any atom is 0.308 e. The molecule has 7 heteroatoms. The minimum Gasteiger partial charge on any atom is -0.457 e. The van der Waals surface area contributed by atoms with E-state index in [4.69, 9.17) is 4.74 Å². The summed E-state index contributed by atoms with van der Waals surface area (Å²) < 4.78 is 5.04. The summed E-state index contributed by atoms with van der Waals surface area (Å²) in [6, 6.07) is 8.21. The standard InChI is InChI=1S/C21H24N2O5/c1-12(22-21(27)16-8-6-5-7-9-16)10-18(26)28-11-17(25)20-13(2)19(15(4)24)14(3)23-20/h5-9,12,23H,10-11H2,1-4H3,(H,22,27). The van der Waals surface area contributed by atoms with Gasteiger partial charge in [0.05, 0.1) is 12.1 Å². The van der Waals surface area contributed by atoms with Gasteiger partial charge in [-0.3, -0.25) is 19.2 Å². The number of ketones is 2. The van der Waals surface area contributed by atoms with E-state index in [2.05, 4.69) is 10.3 Å². The molecule has 2 N–H and O–H groups in total. The van der Waals surface area contributed by atoms with Gasteiger partial charge >= 0.3 is 5.97 Å². The Bertz CT molecular complexity index is 899. The van der Waals surface area contributed by atoms with E-state index >= 15 is 0 Å². The van der Waals surface area contributed by atoms with Crippen LogP contribution in [0.1, 0.15) is 62.7 Å². The topological polar surface area (TPSA) is 105 Å². The summed E-state index contributed by atoms with van der Waals surface area (Å²) in [5, 5.41) is 2.71. The molecule has 28 heavy (non-hydrogen) atoms. The fourth-order valence-corrected chi connectivity index (χ4v) is 3.03. The molecule has 1 aromatic heterocycles. The van der Waals surface area contributed by atoms with Crippen molar-refractivity contribution in [2.75, 3.05) is 6.61 Å². The monoisotopic (exact) mass is 384 g/mol. The maximum atomic E-state index is 12.3. The van der Waals surface area contributed by atoms with E-state index in [0.717, 1.165) is 0 Å². The molecule has 1 atom stereocenters. The third-order valence-corrected chi connectivity index (χ3v) is 4.32. The van der Waals surface area contributed by atoms with Gasteiger partial charge in [-0.15, -0.1) is 0 Å². The van der Waals surface area contributed by atoms with Crippen LogP contribution in [0.15, 0.2) is 30.3 Å². The number of esters is 1. The first-order valence-electron chi connectivity index (χ1n) is 8.95. The number of rotatable bonds is 8. The van der Waals surface area contributed by atoms with Crippen molar-refractivity contribution in [2.24, 2.45) is 0 Å². The number of ether oxygens (including phenoxy) is 1. The van der Waals surface area contributed by atoms with Gasteiger partial charge in [0.25, 0.3) is 5.91 Å². The second-order valence-electron chi connectivity index (χ2n) is 6.71. The summed E-state index contributed by atoms with van der Waals surface area (Å²) in [5.74, 6) is -1.43. The number of amides is 1. The van der Waals surface area contributed by atoms with Crippen LogP contribution in [0.3, 0.4) is 0 Å². The molecule has 1 amide bonds. The van der Waals surface area contributed by atoms with E-state index in [1.807, 2.05) is 0 Å². The average molecular weight is 384 g/mol. The molecule has 1 unspecified atom stereocenters. The lowest BCUT2D eigenvalue weighted by molar-refractivity contribution is -0.142. The summed E-state index contributed by atoms with van der Waals surface area (Å²) >= 11 is 0. The summed E-state index contributed by atoms with van der Waals surface area (Å²) in [5.41, 5.74) is 2.40. The third-order valence-electron chi connectivity index (χ3n) is 4.32. The summed E-state index contributed by atoms with van der Waals surface area (Å²) in [6.45, 7) is 6.07. The number of carbonyl (C=O) groups excluding carboxylic acids is 4. The molecule has 0 aliphatic rings. The summed E-state index contributed by atoms with van der Waals surface area (Å²) in [4.78, 5) is 50.9. The van der Waals surface area contributed by atoms with E-state index in [1.165, 1.54) is 6.92 Å². The molecule has 0 bridgehead atoms. The van der Waals surface area contributed by atoms with Gasteiger partial charge in [0.2, 0.25) is 5.78 Å². The Labute approximate surface area is 163 Å². The highest BCUT2D eigenvalue weighted by molar-refractivity contribution is 6.04. The van der Waals surface area contributed by atoms with Gasteiger partial charge in [0.15, 0.2) is 12.4 Å². The zero-order valence-corrected chi connectivity index (χ0v) is 16.4. The van der Waals surface area contributed by atoms with E-state index < -0.39 is 24.4 Å². The number of Topliss-reactive ketones (excluding diaryl/α,β-unsaturated/α-hetero) is 2. The first kappa shape index (κ1) is 21.1. The van der Waals surface area contributed by atoms with E-state index in [1.54, 1.807) is 51.1 Å². The van der Waals surface area contributed by atoms with Crippen LogP contribution in [-0.4, -0.2) is 41.1 Å². The van der Waals surface area contributed by atoms with E-state index in [0.29, 0.717) is 22.4 Å². The Balaban J connectivity index is 1.87. The van der Waals surface area contributed by atoms with Crippen molar-refractivity contribution in [2.45, 2.75) is 40.2 Å². The maximum absolute atomic E-state index is 12.3. The van der Waals surface area contributed by atoms with Crippen molar-refractivity contribution in [1.29, 1.82) is 0 Å². The molecule has 7 nitrogen and oxygen atoms in total. The number of hydrogen-bond donors (Lipinski definition) is 2. The van der Waals surface area contributed by atoms with Crippen LogP contribution in [0.2, 0.25) is 0 Å². The lowest BCUT2D eigenvalue weighted by atomic mass is 10.1. The highest BCUT2D eigenvalue weighted by atomic mass is 16.5. The van der Waals surface area contributed by atoms with Gasteiger partial charge in [-0.05, 0) is 45.4 Å². The molecule has 2 rings (SSSR count). The van der Waals surface area contributed by atoms with Crippen LogP contribution >= 0.6 is 0 Å². The molecule has 2 aromatic rings. The number of H-pyrrole nitrogens is 1. The molecule has 0 aliphatic heterocycles. The Morgan fingerprint density at radius 2 is 1.75 bits per heavy atom. The number of hydrogen-bond acceptors (Lipinski definition) is 5. The normalized spacial score (nSPS) is 11.6. The molecular weight excluding hydrogens is 360 g/mol. The lowest BCUT2D eigenvalue weighted by Crippen LogP contribution is -2.34. The second kappa shape index (κ2) is 9.12. The quantitative estimate of drug-likeness (QED) is 0.538. The van der Waals surface area contributed by atoms with E-state index in [-0.39, 0.29) is 23.8 Å². The summed E-state index contributed by atoms with van der Waals surface area (Å²) in [7, 11) is 0. The van der Waals surface area contributed by atoms with Gasteiger partial charge in [-0.25, -0.2) is 0 Å². The number of benzene rings is 1. The molecule has 0 radical (unpaired) electrons. The van der Waals surface area contributed by atoms with Crippen molar-refractivity contribution >= 4 is 23.4 Å². The Kier molecular flexibility index (Phi) is 6.87. The van der Waals surface area contributed by atoms with Crippen LogP contribution in [0.4, 0.5) is 0 Å². The molecule has 0 spiro atoms.